The lowest BCUT2D eigenvalue weighted by Crippen LogP contribution is -2.12. The third-order valence-corrected chi connectivity index (χ3v) is 1.17. The van der Waals surface area contributed by atoms with Crippen LogP contribution in [0.5, 0.6) is 0 Å². The summed E-state index contributed by atoms with van der Waals surface area (Å²) in [6, 6.07) is 0. The van der Waals surface area contributed by atoms with Gasteiger partial charge in [-0.3, -0.25) is 0 Å². The highest BCUT2D eigenvalue weighted by Gasteiger charge is 2.03. The molecule has 4 heteroatoms. The van der Waals surface area contributed by atoms with E-state index < -0.39 is 14.6 Å². The molecule has 0 aromatic carbocycles. The molecule has 2 unspecified atom stereocenters. The highest BCUT2D eigenvalue weighted by Crippen LogP contribution is 1.93. The zero-order valence-corrected chi connectivity index (χ0v) is 4.79. The van der Waals surface area contributed by atoms with E-state index in [1.54, 1.807) is 0 Å². The molecular weight excluding hydrogens is 115 g/mol. The summed E-state index contributed by atoms with van der Waals surface area (Å²) >= 11 is 0. The molecular formula is C3H8O3P+. The van der Waals surface area contributed by atoms with Crippen molar-refractivity contribution in [2.24, 2.45) is 0 Å². The normalized spacial score (nSPS) is 14.6. The van der Waals surface area contributed by atoms with Gasteiger partial charge in [0, 0.05) is 0 Å². The van der Waals surface area contributed by atoms with E-state index in [9.17, 15) is 4.57 Å². The summed E-state index contributed by atoms with van der Waals surface area (Å²) in [6.45, 7) is -0.296. The zero-order valence-electron chi connectivity index (χ0n) is 3.79. The lowest BCUT2D eigenvalue weighted by Gasteiger charge is -1.92. The average Bonchev–Trinajstić information content (AvgIpc) is 1.68. The molecule has 0 aromatic heterocycles. The first kappa shape index (κ1) is 7.02. The van der Waals surface area contributed by atoms with E-state index in [1.807, 2.05) is 0 Å². The van der Waals surface area contributed by atoms with Crippen LogP contribution >= 0.6 is 8.46 Å². The fourth-order valence-electron chi connectivity index (χ4n) is 0.161. The van der Waals surface area contributed by atoms with E-state index in [1.165, 1.54) is 0 Å². The number of aliphatic hydroxyl groups excluding tert-OH is 2. The van der Waals surface area contributed by atoms with Gasteiger partial charge in [0.1, 0.15) is 6.10 Å². The Morgan fingerprint density at radius 2 is 2.29 bits per heavy atom. The van der Waals surface area contributed by atoms with Gasteiger partial charge in [-0.05, 0) is 0 Å². The Bertz CT molecular complexity index is 56.1. The fraction of sp³-hybridized carbons (Fsp3) is 1.00. The summed E-state index contributed by atoms with van der Waals surface area (Å²) in [6.07, 6.45) is -0.618. The molecule has 0 rings (SSSR count). The van der Waals surface area contributed by atoms with Crippen LogP contribution in [0.2, 0.25) is 0 Å². The van der Waals surface area contributed by atoms with Gasteiger partial charge in [-0.1, -0.05) is 4.57 Å². The molecule has 7 heavy (non-hydrogen) atoms. The maximum Gasteiger partial charge on any atom is 0.327 e. The minimum Gasteiger partial charge on any atom is -0.394 e. The molecule has 3 nitrogen and oxygen atoms in total. The van der Waals surface area contributed by atoms with Crippen LogP contribution < -0.4 is 0 Å². The third kappa shape index (κ3) is 3.86. The maximum absolute atomic E-state index is 9.66. The number of hydrogen-bond donors (Lipinski definition) is 2. The van der Waals surface area contributed by atoms with Crippen molar-refractivity contribution in [3.8, 4) is 0 Å². The fourth-order valence-corrected chi connectivity index (χ4v) is 0.482. The Kier molecular flexibility index (Phi) is 4.20. The van der Waals surface area contributed by atoms with Crippen molar-refractivity contribution in [2.75, 3.05) is 12.8 Å². The Hall–Kier alpha value is 0.0200. The van der Waals surface area contributed by atoms with E-state index >= 15 is 0 Å². The van der Waals surface area contributed by atoms with E-state index in [2.05, 4.69) is 0 Å². The average molecular weight is 123 g/mol. The van der Waals surface area contributed by atoms with E-state index in [0.717, 1.165) is 0 Å². The van der Waals surface area contributed by atoms with E-state index in [0.29, 0.717) is 0 Å². The van der Waals surface area contributed by atoms with Gasteiger partial charge in [-0.2, -0.15) is 0 Å². The molecule has 0 amide bonds. The summed E-state index contributed by atoms with van der Waals surface area (Å²) in [5.41, 5.74) is 0. The lowest BCUT2D eigenvalue weighted by atomic mass is 10.4. The molecule has 0 saturated heterocycles. The van der Waals surface area contributed by atoms with Gasteiger partial charge in [0.05, 0.1) is 6.61 Å². The highest BCUT2D eigenvalue weighted by atomic mass is 31.1. The molecule has 0 heterocycles. The first-order valence-corrected chi connectivity index (χ1v) is 3.06. The van der Waals surface area contributed by atoms with Crippen LogP contribution in [0.1, 0.15) is 0 Å². The Morgan fingerprint density at radius 1 is 1.71 bits per heavy atom. The van der Waals surface area contributed by atoms with Crippen molar-refractivity contribution in [2.45, 2.75) is 6.10 Å². The van der Waals surface area contributed by atoms with Gasteiger partial charge < -0.3 is 10.2 Å². The van der Waals surface area contributed by atoms with Gasteiger partial charge in [0.2, 0.25) is 0 Å². The molecule has 0 spiro atoms. The summed E-state index contributed by atoms with van der Waals surface area (Å²) in [4.78, 5) is 0. The molecule has 0 saturated carbocycles. The third-order valence-electron chi connectivity index (χ3n) is 0.530. The summed E-state index contributed by atoms with van der Waals surface area (Å²) in [5, 5.41) is 16.5. The van der Waals surface area contributed by atoms with Gasteiger partial charge in [-0.25, -0.2) is 0 Å². The molecule has 0 aromatic rings. The minimum atomic E-state index is -0.796. The van der Waals surface area contributed by atoms with Crippen LogP contribution in [0.3, 0.4) is 0 Å². The standard InChI is InChI=1S/C3H7O3P/c4-1-3(5)2-7-6/h3-5H,1-2H2/p+1. The minimum absolute atomic E-state index is 0.177. The van der Waals surface area contributed by atoms with Gasteiger partial charge in [0.25, 0.3) is 0 Å². The number of hydrogen-bond acceptors (Lipinski definition) is 3. The largest absolute Gasteiger partial charge is 0.394 e. The van der Waals surface area contributed by atoms with Gasteiger partial charge in [-0.15, -0.1) is 0 Å². The predicted octanol–water partition coefficient (Wildman–Crippen LogP) is -0.636. The van der Waals surface area contributed by atoms with Crippen LogP contribution in [-0.2, 0) is 4.57 Å². The van der Waals surface area contributed by atoms with Crippen molar-refractivity contribution < 1.29 is 14.8 Å². The van der Waals surface area contributed by atoms with Crippen LogP contribution in [0, 0.1) is 0 Å². The molecule has 0 radical (unpaired) electrons. The zero-order chi connectivity index (χ0) is 5.70. The summed E-state index contributed by atoms with van der Waals surface area (Å²) < 4.78 is 9.66. The van der Waals surface area contributed by atoms with E-state index in [-0.39, 0.29) is 12.8 Å². The highest BCUT2D eigenvalue weighted by molar-refractivity contribution is 7.23. The first-order valence-electron chi connectivity index (χ1n) is 1.95. The number of aliphatic hydroxyl groups is 2. The molecule has 0 fully saturated rings. The molecule has 42 valence electrons. The van der Waals surface area contributed by atoms with Gasteiger partial charge >= 0.3 is 8.46 Å². The molecule has 2 N–H and O–H groups in total. The second-order valence-electron chi connectivity index (χ2n) is 1.18. The van der Waals surface area contributed by atoms with Crippen LogP contribution in [0.4, 0.5) is 0 Å². The van der Waals surface area contributed by atoms with Crippen molar-refractivity contribution in [3.05, 3.63) is 0 Å². The molecule has 0 aliphatic heterocycles. The van der Waals surface area contributed by atoms with Gasteiger partial charge in [0.15, 0.2) is 6.16 Å². The smallest absolute Gasteiger partial charge is 0.327 e. The topological polar surface area (TPSA) is 57.5 Å². The molecule has 0 bridgehead atoms. The SMILES string of the molecule is O=[PH+]CC(O)CO. The second-order valence-corrected chi connectivity index (χ2v) is 1.88. The Morgan fingerprint density at radius 3 is 2.43 bits per heavy atom. The second kappa shape index (κ2) is 4.19. The van der Waals surface area contributed by atoms with Crippen molar-refractivity contribution >= 4 is 8.46 Å². The van der Waals surface area contributed by atoms with Crippen LogP contribution in [0.15, 0.2) is 0 Å². The monoisotopic (exact) mass is 123 g/mol. The number of rotatable bonds is 3. The summed E-state index contributed by atoms with van der Waals surface area (Å²) in [7, 11) is -0.515. The predicted molar refractivity (Wildman–Crippen MR) is 27.0 cm³/mol. The summed E-state index contributed by atoms with van der Waals surface area (Å²) in [5.74, 6) is 0. The van der Waals surface area contributed by atoms with Crippen LogP contribution in [0.25, 0.3) is 0 Å². The first-order chi connectivity index (χ1) is 3.31. The quantitative estimate of drug-likeness (QED) is 0.491. The van der Waals surface area contributed by atoms with E-state index in [4.69, 9.17) is 10.2 Å². The lowest BCUT2D eigenvalue weighted by molar-refractivity contribution is 0.113. The maximum atomic E-state index is 9.66. The molecule has 2 atom stereocenters. The molecule has 0 aliphatic rings. The van der Waals surface area contributed by atoms with Crippen LogP contribution in [-0.4, -0.2) is 29.1 Å². The van der Waals surface area contributed by atoms with Crippen molar-refractivity contribution in [1.29, 1.82) is 0 Å². The molecule has 0 aliphatic carbocycles. The Balaban J connectivity index is 2.98. The Labute approximate surface area is 43.2 Å². The van der Waals surface area contributed by atoms with Crippen molar-refractivity contribution in [1.82, 2.24) is 0 Å². The van der Waals surface area contributed by atoms with Crippen molar-refractivity contribution in [3.63, 3.8) is 0 Å².